The Labute approximate surface area is 185 Å². The topological polar surface area (TPSA) is 94.5 Å². The Morgan fingerprint density at radius 1 is 1.10 bits per heavy atom. The van der Waals surface area contributed by atoms with E-state index >= 15 is 0 Å². The molecular weight excluding hydrogens is 440 g/mol. The number of hydrogen-bond acceptors (Lipinski definition) is 5. The number of aryl methyl sites for hydroxylation is 2. The molecule has 0 saturated carbocycles. The summed E-state index contributed by atoms with van der Waals surface area (Å²) in [6.45, 7) is 2.84. The molecule has 31 heavy (non-hydrogen) atoms. The molecule has 0 radical (unpaired) electrons. The fraction of sp³-hybridized carbons (Fsp3) is 0.182. The van der Waals surface area contributed by atoms with E-state index in [1.54, 1.807) is 44.2 Å². The highest BCUT2D eigenvalue weighted by Crippen LogP contribution is 2.24. The lowest BCUT2D eigenvalue weighted by Crippen LogP contribution is -2.33. The number of halogens is 1. The van der Waals surface area contributed by atoms with Gasteiger partial charge in [-0.25, -0.2) is 8.42 Å². The lowest BCUT2D eigenvalue weighted by atomic mass is 10.2. The van der Waals surface area contributed by atoms with Crippen molar-refractivity contribution in [2.75, 3.05) is 12.4 Å². The van der Waals surface area contributed by atoms with Crippen LogP contribution in [0.15, 0.2) is 69.2 Å². The van der Waals surface area contributed by atoms with Gasteiger partial charge in [-0.15, -0.1) is 0 Å². The molecule has 3 rings (SSSR count). The first-order valence-electron chi connectivity index (χ1n) is 9.29. The molecule has 1 N–H and O–H groups in total. The average Bonchev–Trinajstić information content (AvgIpc) is 2.71. The van der Waals surface area contributed by atoms with E-state index in [1.807, 2.05) is 0 Å². The normalized spacial score (nSPS) is 11.2. The molecule has 7 nitrogen and oxygen atoms in total. The van der Waals surface area contributed by atoms with Crippen molar-refractivity contribution in [2.24, 2.45) is 0 Å². The van der Waals surface area contributed by atoms with Gasteiger partial charge in [0.15, 0.2) is 0 Å². The number of amides is 1. The molecule has 1 aromatic heterocycles. The van der Waals surface area contributed by atoms with E-state index < -0.39 is 21.3 Å². The lowest BCUT2D eigenvalue weighted by Gasteiger charge is -2.15. The molecule has 0 aliphatic carbocycles. The van der Waals surface area contributed by atoms with Gasteiger partial charge in [-0.05, 0) is 61.9 Å². The van der Waals surface area contributed by atoms with E-state index in [-0.39, 0.29) is 16.3 Å². The summed E-state index contributed by atoms with van der Waals surface area (Å²) < 4.78 is 32.6. The zero-order valence-corrected chi connectivity index (χ0v) is 18.8. The monoisotopic (exact) mass is 460 g/mol. The van der Waals surface area contributed by atoms with Gasteiger partial charge in [-0.3, -0.25) is 9.59 Å². The van der Waals surface area contributed by atoms with Gasteiger partial charge in [0.25, 0.3) is 5.56 Å². The van der Waals surface area contributed by atoms with Crippen LogP contribution in [0, 0.1) is 13.8 Å². The van der Waals surface area contributed by atoms with Gasteiger partial charge in [0.05, 0.1) is 17.7 Å². The van der Waals surface area contributed by atoms with E-state index in [0.29, 0.717) is 27.7 Å². The molecule has 0 unspecified atom stereocenters. The minimum Gasteiger partial charge on any atom is -0.495 e. The summed E-state index contributed by atoms with van der Waals surface area (Å²) in [4.78, 5) is 25.4. The molecule has 2 aromatic carbocycles. The van der Waals surface area contributed by atoms with Crippen molar-refractivity contribution in [2.45, 2.75) is 30.2 Å². The number of para-hydroxylation sites is 2. The number of methoxy groups -OCH3 is 1. The van der Waals surface area contributed by atoms with Gasteiger partial charge in [-0.2, -0.15) is 0 Å². The number of sulfone groups is 1. The van der Waals surface area contributed by atoms with Crippen LogP contribution in [0.1, 0.15) is 11.3 Å². The van der Waals surface area contributed by atoms with E-state index in [1.165, 1.54) is 31.4 Å². The van der Waals surface area contributed by atoms with E-state index in [2.05, 4.69) is 5.32 Å². The number of hydrogen-bond donors (Lipinski definition) is 1. The highest BCUT2D eigenvalue weighted by atomic mass is 35.5. The predicted molar refractivity (Wildman–Crippen MR) is 119 cm³/mol. The van der Waals surface area contributed by atoms with Crippen LogP contribution in [-0.4, -0.2) is 26.0 Å². The third-order valence-corrected chi connectivity index (χ3v) is 6.90. The summed E-state index contributed by atoms with van der Waals surface area (Å²) >= 11 is 5.85. The van der Waals surface area contributed by atoms with Gasteiger partial charge < -0.3 is 14.6 Å². The van der Waals surface area contributed by atoms with Crippen molar-refractivity contribution < 1.29 is 17.9 Å². The molecular formula is C22H21ClN2O5S. The summed E-state index contributed by atoms with van der Waals surface area (Å²) in [6.07, 6.45) is 0. The van der Waals surface area contributed by atoms with Crippen LogP contribution in [0.4, 0.5) is 5.69 Å². The molecule has 0 bridgehead atoms. The molecule has 1 heterocycles. The number of anilines is 1. The molecule has 0 atom stereocenters. The molecule has 9 heteroatoms. The fourth-order valence-electron chi connectivity index (χ4n) is 3.24. The first kappa shape index (κ1) is 22.6. The third kappa shape index (κ3) is 4.65. The summed E-state index contributed by atoms with van der Waals surface area (Å²) in [5.41, 5.74) is 0.455. The van der Waals surface area contributed by atoms with Crippen LogP contribution in [0.3, 0.4) is 0 Å². The van der Waals surface area contributed by atoms with Crippen molar-refractivity contribution in [3.8, 4) is 5.75 Å². The molecule has 0 saturated heterocycles. The minimum absolute atomic E-state index is 0.0500. The summed E-state index contributed by atoms with van der Waals surface area (Å²) in [5.74, 6) is -0.0248. The first-order chi connectivity index (χ1) is 14.6. The van der Waals surface area contributed by atoms with Crippen molar-refractivity contribution >= 4 is 33.0 Å². The number of benzene rings is 2. The molecule has 0 fully saturated rings. The van der Waals surface area contributed by atoms with Crippen LogP contribution in [-0.2, 0) is 21.2 Å². The van der Waals surface area contributed by atoms with E-state index in [4.69, 9.17) is 16.3 Å². The maximum Gasteiger partial charge on any atom is 0.270 e. The minimum atomic E-state index is -4.11. The van der Waals surface area contributed by atoms with Crippen LogP contribution in [0.2, 0.25) is 5.02 Å². The molecule has 0 spiro atoms. The second-order valence-corrected chi connectivity index (χ2v) is 9.22. The number of aromatic nitrogens is 1. The fourth-order valence-corrected chi connectivity index (χ4v) is 4.92. The number of pyridine rings is 1. The zero-order valence-electron chi connectivity index (χ0n) is 17.2. The second kappa shape index (κ2) is 8.95. The maximum atomic E-state index is 13.2. The summed E-state index contributed by atoms with van der Waals surface area (Å²) in [5, 5.41) is 3.07. The molecule has 0 aliphatic rings. The predicted octanol–water partition coefficient (Wildman–Crippen LogP) is 3.60. The van der Waals surface area contributed by atoms with Gasteiger partial charge in [-0.1, -0.05) is 23.7 Å². The smallest absolute Gasteiger partial charge is 0.270 e. The second-order valence-electron chi connectivity index (χ2n) is 6.89. The third-order valence-electron chi connectivity index (χ3n) is 4.72. The molecule has 162 valence electrons. The molecule has 3 aromatic rings. The highest BCUT2D eigenvalue weighted by Gasteiger charge is 2.26. The largest absolute Gasteiger partial charge is 0.495 e. The Bertz CT molecular complexity index is 1300. The van der Waals surface area contributed by atoms with Crippen LogP contribution in [0.25, 0.3) is 0 Å². The number of ether oxygens (including phenoxy) is 1. The van der Waals surface area contributed by atoms with Crippen molar-refractivity contribution in [3.05, 3.63) is 81.2 Å². The first-order valence-corrected chi connectivity index (χ1v) is 11.2. The maximum absolute atomic E-state index is 13.2. The number of rotatable bonds is 6. The lowest BCUT2D eigenvalue weighted by molar-refractivity contribution is -0.116. The Balaban J connectivity index is 2.00. The zero-order chi connectivity index (χ0) is 22.8. The Morgan fingerprint density at radius 3 is 2.39 bits per heavy atom. The van der Waals surface area contributed by atoms with Crippen LogP contribution in [0.5, 0.6) is 5.75 Å². The summed E-state index contributed by atoms with van der Waals surface area (Å²) in [7, 11) is -2.63. The van der Waals surface area contributed by atoms with Crippen LogP contribution >= 0.6 is 11.6 Å². The standard InChI is InChI=1S/C22H21ClN2O5S/c1-14-12-15(2)25(13-20(26)24-18-6-4-5-7-19(18)30-3)22(27)21(14)31(28,29)17-10-8-16(23)9-11-17/h4-12H,13H2,1-3H3,(H,24,26). The molecule has 1 amide bonds. The summed E-state index contributed by atoms with van der Waals surface area (Å²) in [6, 6.07) is 14.0. The number of carbonyl (C=O) groups excluding carboxylic acids is 1. The Hall–Kier alpha value is -3.10. The van der Waals surface area contributed by atoms with Gasteiger partial charge in [0, 0.05) is 10.7 Å². The van der Waals surface area contributed by atoms with Crippen molar-refractivity contribution in [1.29, 1.82) is 0 Å². The van der Waals surface area contributed by atoms with Gasteiger partial charge >= 0.3 is 0 Å². The van der Waals surface area contributed by atoms with Crippen molar-refractivity contribution in [1.82, 2.24) is 4.57 Å². The SMILES string of the molecule is COc1ccccc1NC(=O)Cn1c(C)cc(C)c(S(=O)(=O)c2ccc(Cl)cc2)c1=O. The van der Waals surface area contributed by atoms with Crippen molar-refractivity contribution in [3.63, 3.8) is 0 Å². The van der Waals surface area contributed by atoms with E-state index in [9.17, 15) is 18.0 Å². The number of carbonyl (C=O) groups is 1. The van der Waals surface area contributed by atoms with E-state index in [0.717, 1.165) is 4.57 Å². The average molecular weight is 461 g/mol. The number of nitrogens with zero attached hydrogens (tertiary/aromatic N) is 1. The van der Waals surface area contributed by atoms with Gasteiger partial charge in [0.2, 0.25) is 15.7 Å². The Morgan fingerprint density at radius 2 is 1.74 bits per heavy atom. The van der Waals surface area contributed by atoms with Crippen LogP contribution < -0.4 is 15.6 Å². The quantitative estimate of drug-likeness (QED) is 0.606. The van der Waals surface area contributed by atoms with Gasteiger partial charge in [0.1, 0.15) is 17.2 Å². The highest BCUT2D eigenvalue weighted by molar-refractivity contribution is 7.91. The molecule has 0 aliphatic heterocycles. The Kier molecular flexibility index (Phi) is 6.52. The number of nitrogens with one attached hydrogen (secondary N) is 1.